The molecule has 0 amide bonds. The van der Waals surface area contributed by atoms with Gasteiger partial charge in [-0.1, -0.05) is 154 Å². The predicted molar refractivity (Wildman–Crippen MR) is 265 cm³/mol. The summed E-state index contributed by atoms with van der Waals surface area (Å²) in [5.74, 6) is -1.61. The van der Waals surface area contributed by atoms with E-state index < -0.39 is 18.1 Å². The SMILES string of the molecule is CC/C=C/C/C=C/C/C=C/C/C=C/C/C=C/C/C=C/CCCC(=O)OC(COCCC(C(=O)O)[N+](C)(C)C)COC(=O)CCCCC/C=C/C/C=C/C/C=C/C/C=C/C/C=C/CC. The molecular weight excluding hydrogens is 787 g/mol. The topological polar surface area (TPSA) is 99.1 Å². The number of allylic oxidation sites excluding steroid dienone is 22. The molecule has 0 saturated carbocycles. The highest BCUT2D eigenvalue weighted by atomic mass is 16.6. The van der Waals surface area contributed by atoms with Crippen LogP contribution in [0.15, 0.2) is 134 Å². The van der Waals surface area contributed by atoms with Gasteiger partial charge >= 0.3 is 17.9 Å². The summed E-state index contributed by atoms with van der Waals surface area (Å²) in [6.45, 7) is 4.38. The molecule has 0 radical (unpaired) electrons. The third kappa shape index (κ3) is 42.5. The van der Waals surface area contributed by atoms with E-state index in [1.807, 2.05) is 21.1 Å². The summed E-state index contributed by atoms with van der Waals surface area (Å²) < 4.78 is 17.2. The highest BCUT2D eigenvalue weighted by Gasteiger charge is 2.31. The minimum Gasteiger partial charge on any atom is -0.477 e. The average Bonchev–Trinajstić information content (AvgIpc) is 3.24. The second-order valence-corrected chi connectivity index (χ2v) is 16.2. The summed E-state index contributed by atoms with van der Waals surface area (Å²) in [6.07, 6.45) is 63.6. The van der Waals surface area contributed by atoms with Crippen molar-refractivity contribution in [2.45, 2.75) is 154 Å². The Morgan fingerprint density at radius 3 is 1.25 bits per heavy atom. The zero-order valence-electron chi connectivity index (χ0n) is 40.0. The predicted octanol–water partition coefficient (Wildman–Crippen LogP) is 13.6. The van der Waals surface area contributed by atoms with Crippen LogP contribution >= 0.6 is 0 Å². The fraction of sp³-hybridized carbons (Fsp3) is 0.545. The molecule has 2 atom stereocenters. The van der Waals surface area contributed by atoms with Crippen LogP contribution in [0.5, 0.6) is 0 Å². The van der Waals surface area contributed by atoms with Gasteiger partial charge in [0, 0.05) is 19.3 Å². The quantitative estimate of drug-likeness (QED) is 0.0283. The molecule has 0 fully saturated rings. The lowest BCUT2D eigenvalue weighted by Gasteiger charge is -2.31. The molecule has 2 unspecified atom stereocenters. The van der Waals surface area contributed by atoms with Gasteiger partial charge in [0.1, 0.15) is 6.61 Å². The molecule has 0 aromatic carbocycles. The van der Waals surface area contributed by atoms with Crippen molar-refractivity contribution >= 4 is 17.9 Å². The van der Waals surface area contributed by atoms with E-state index in [4.69, 9.17) is 14.2 Å². The second-order valence-electron chi connectivity index (χ2n) is 16.2. The summed E-state index contributed by atoms with van der Waals surface area (Å²) in [6, 6.07) is -0.640. The van der Waals surface area contributed by atoms with E-state index in [1.165, 1.54) is 0 Å². The van der Waals surface area contributed by atoms with Crippen molar-refractivity contribution in [3.63, 3.8) is 0 Å². The summed E-state index contributed by atoms with van der Waals surface area (Å²) in [4.78, 5) is 37.1. The van der Waals surface area contributed by atoms with Gasteiger partial charge in [-0.3, -0.25) is 9.59 Å². The maximum atomic E-state index is 12.7. The lowest BCUT2D eigenvalue weighted by Crippen LogP contribution is -2.50. The van der Waals surface area contributed by atoms with Gasteiger partial charge < -0.3 is 23.8 Å². The van der Waals surface area contributed by atoms with Crippen LogP contribution in [0.2, 0.25) is 0 Å². The van der Waals surface area contributed by atoms with Gasteiger partial charge in [-0.25, -0.2) is 4.79 Å². The van der Waals surface area contributed by atoms with E-state index in [-0.39, 0.29) is 42.7 Å². The molecule has 8 nitrogen and oxygen atoms in total. The molecule has 352 valence electrons. The van der Waals surface area contributed by atoms with Crippen LogP contribution in [0.3, 0.4) is 0 Å². The smallest absolute Gasteiger partial charge is 0.362 e. The van der Waals surface area contributed by atoms with Gasteiger partial charge in [0.15, 0.2) is 12.1 Å². The molecule has 0 bridgehead atoms. The zero-order chi connectivity index (χ0) is 46.3. The Bertz CT molecular complexity index is 1480. The minimum absolute atomic E-state index is 0.0168. The molecule has 0 rings (SSSR count). The first-order valence-corrected chi connectivity index (χ1v) is 23.7. The van der Waals surface area contributed by atoms with Gasteiger partial charge in [-0.05, 0) is 103 Å². The maximum Gasteiger partial charge on any atom is 0.362 e. The first-order valence-electron chi connectivity index (χ1n) is 23.7. The summed E-state index contributed by atoms with van der Waals surface area (Å²) in [5.41, 5.74) is 0. The molecule has 0 spiro atoms. The van der Waals surface area contributed by atoms with Crippen molar-refractivity contribution in [1.82, 2.24) is 0 Å². The molecule has 63 heavy (non-hydrogen) atoms. The number of nitrogens with zero attached hydrogens (tertiary/aromatic N) is 1. The van der Waals surface area contributed by atoms with E-state index >= 15 is 0 Å². The fourth-order valence-corrected chi connectivity index (χ4v) is 5.95. The van der Waals surface area contributed by atoms with E-state index in [9.17, 15) is 19.5 Å². The molecule has 8 heteroatoms. The molecule has 0 aliphatic heterocycles. The molecular formula is C55H86NO7+. The summed E-state index contributed by atoms with van der Waals surface area (Å²) in [5, 5.41) is 9.64. The largest absolute Gasteiger partial charge is 0.477 e. The third-order valence-electron chi connectivity index (χ3n) is 9.55. The Morgan fingerprint density at radius 1 is 0.476 bits per heavy atom. The van der Waals surface area contributed by atoms with Crippen molar-refractivity contribution in [1.29, 1.82) is 0 Å². The maximum absolute atomic E-state index is 12.7. The first kappa shape index (κ1) is 58.5. The molecule has 0 aromatic heterocycles. The number of carboxylic acid groups (broad SMARTS) is 1. The number of carbonyl (C=O) groups excluding carboxylic acids is 2. The number of unbranched alkanes of at least 4 members (excludes halogenated alkanes) is 4. The van der Waals surface area contributed by atoms with Crippen molar-refractivity contribution in [3.8, 4) is 0 Å². The number of esters is 2. The van der Waals surface area contributed by atoms with E-state index in [1.54, 1.807) is 0 Å². The normalized spacial score (nSPS) is 14.1. The average molecular weight is 873 g/mol. The summed E-state index contributed by atoms with van der Waals surface area (Å²) >= 11 is 0. The lowest BCUT2D eigenvalue weighted by atomic mass is 10.1. The number of hydrogen-bond donors (Lipinski definition) is 1. The van der Waals surface area contributed by atoms with Gasteiger partial charge in [0.05, 0.1) is 34.4 Å². The van der Waals surface area contributed by atoms with Crippen LogP contribution in [0.4, 0.5) is 0 Å². The Hall–Kier alpha value is -4.53. The first-order chi connectivity index (χ1) is 30.6. The number of ether oxygens (including phenoxy) is 3. The van der Waals surface area contributed by atoms with Crippen LogP contribution in [0.1, 0.15) is 142 Å². The number of likely N-dealkylation sites (N-methyl/N-ethyl adjacent to an activating group) is 1. The van der Waals surface area contributed by atoms with Crippen molar-refractivity contribution in [3.05, 3.63) is 134 Å². The van der Waals surface area contributed by atoms with Crippen LogP contribution < -0.4 is 0 Å². The Balaban J connectivity index is 4.51. The lowest BCUT2D eigenvalue weighted by molar-refractivity contribution is -0.887. The van der Waals surface area contributed by atoms with E-state index in [0.29, 0.717) is 19.3 Å². The summed E-state index contributed by atoms with van der Waals surface area (Å²) in [7, 11) is 5.48. The highest BCUT2D eigenvalue weighted by Crippen LogP contribution is 2.11. The van der Waals surface area contributed by atoms with E-state index in [2.05, 4.69) is 148 Å². The van der Waals surface area contributed by atoms with Gasteiger partial charge in [0.2, 0.25) is 0 Å². The van der Waals surface area contributed by atoms with Gasteiger partial charge in [-0.15, -0.1) is 0 Å². The number of hydrogen-bond acceptors (Lipinski definition) is 6. The van der Waals surface area contributed by atoms with Gasteiger partial charge in [-0.2, -0.15) is 0 Å². The number of quaternary nitrogens is 1. The van der Waals surface area contributed by atoms with Crippen molar-refractivity contribution < 1.29 is 38.2 Å². The molecule has 0 saturated heterocycles. The fourth-order valence-electron chi connectivity index (χ4n) is 5.95. The Kier molecular flexibility index (Phi) is 40.9. The van der Waals surface area contributed by atoms with Crippen LogP contribution in [-0.2, 0) is 28.6 Å². The molecule has 0 heterocycles. The second kappa shape index (κ2) is 44.1. The molecule has 0 aliphatic rings. The molecule has 0 aliphatic carbocycles. The molecule has 0 aromatic rings. The number of carboxylic acids is 1. The number of carbonyl (C=O) groups is 3. The molecule has 1 N–H and O–H groups in total. The van der Waals surface area contributed by atoms with Crippen molar-refractivity contribution in [2.24, 2.45) is 0 Å². The van der Waals surface area contributed by atoms with Crippen LogP contribution in [0.25, 0.3) is 0 Å². The Morgan fingerprint density at radius 2 is 0.857 bits per heavy atom. The van der Waals surface area contributed by atoms with Crippen molar-refractivity contribution in [2.75, 3.05) is 41.0 Å². The van der Waals surface area contributed by atoms with Crippen LogP contribution in [0, 0.1) is 0 Å². The van der Waals surface area contributed by atoms with Crippen LogP contribution in [-0.4, -0.2) is 80.6 Å². The van der Waals surface area contributed by atoms with E-state index in [0.717, 1.165) is 103 Å². The minimum atomic E-state index is -0.896. The standard InChI is InChI=1S/C55H85NO7/c1-6-8-10-12-14-16-18-20-22-24-26-28-30-32-34-36-38-40-42-44-46-54(58)63-51(49-61-48-47-52(55(59)60)56(3,4)5)50-62-53(57)45-43-41-39-37-35-33-31-29-27-25-23-21-19-17-15-13-11-9-7-2/h8-11,14-17,20-23,26-29,32-35,38,40,51-52H,6-7,12-13,18-19,24-25,30-31,36-37,39,41-50H2,1-5H3/p+1/b10-8+,11-9+,16-14+,17-15+,22-20+,23-21+,28-26+,29-27+,34-32+,35-33+,40-38+. The van der Waals surface area contributed by atoms with Gasteiger partial charge in [0.25, 0.3) is 0 Å². The highest BCUT2D eigenvalue weighted by molar-refractivity contribution is 5.72. The Labute approximate surface area is 383 Å². The number of rotatable bonds is 40. The number of aliphatic carboxylic acids is 1. The monoisotopic (exact) mass is 873 g/mol. The zero-order valence-corrected chi connectivity index (χ0v) is 40.0. The third-order valence-corrected chi connectivity index (χ3v) is 9.55.